The first-order chi connectivity index (χ1) is 11.3. The van der Waals surface area contributed by atoms with Crippen molar-refractivity contribution in [3.8, 4) is 0 Å². The number of likely N-dealkylation sites (tertiary alicyclic amines) is 1. The molecule has 0 saturated carbocycles. The topological polar surface area (TPSA) is 64.8 Å². The van der Waals surface area contributed by atoms with Gasteiger partial charge < -0.3 is 19.8 Å². The Kier molecular flexibility index (Phi) is 6.62. The molecule has 2 atom stereocenters. The summed E-state index contributed by atoms with van der Waals surface area (Å²) in [5.74, 6) is 0.198. The van der Waals surface area contributed by atoms with Crippen molar-refractivity contribution >= 4 is 17.5 Å². The number of likely N-dealkylation sites (N-methyl/N-ethyl adjacent to an activating group) is 2. The average Bonchev–Trinajstić information content (AvgIpc) is 3.07. The summed E-state index contributed by atoms with van der Waals surface area (Å²) < 4.78 is 1.54. The maximum absolute atomic E-state index is 12.7. The van der Waals surface area contributed by atoms with Gasteiger partial charge >= 0.3 is 0 Å². The lowest BCUT2D eigenvalue weighted by molar-refractivity contribution is 0.0773. The van der Waals surface area contributed by atoms with E-state index in [4.69, 9.17) is 11.6 Å². The second kappa shape index (κ2) is 8.29. The number of aromatic nitrogens is 2. The minimum absolute atomic E-state index is 0.0892. The van der Waals surface area contributed by atoms with Crippen molar-refractivity contribution in [2.75, 3.05) is 60.5 Å². The lowest BCUT2D eigenvalue weighted by Gasteiger charge is -2.25. The molecule has 136 valence electrons. The van der Waals surface area contributed by atoms with Crippen molar-refractivity contribution < 1.29 is 9.90 Å². The molecular formula is C16H28ClN5O2. The highest BCUT2D eigenvalue weighted by atomic mass is 35.5. The molecule has 8 heteroatoms. The largest absolute Gasteiger partial charge is 0.396 e. The summed E-state index contributed by atoms with van der Waals surface area (Å²) in [5, 5.41) is 14.2. The van der Waals surface area contributed by atoms with Crippen molar-refractivity contribution in [2.45, 2.75) is 0 Å². The van der Waals surface area contributed by atoms with Gasteiger partial charge in [0.1, 0.15) is 0 Å². The molecule has 1 aromatic rings. The van der Waals surface area contributed by atoms with Crippen molar-refractivity contribution in [1.82, 2.24) is 24.5 Å². The molecule has 0 aromatic carbocycles. The van der Waals surface area contributed by atoms with Gasteiger partial charge in [0.2, 0.25) is 0 Å². The van der Waals surface area contributed by atoms with Crippen LogP contribution in [-0.4, -0.2) is 96.0 Å². The minimum Gasteiger partial charge on any atom is -0.396 e. The predicted octanol–water partition coefficient (Wildman–Crippen LogP) is 0.247. The third-order valence-corrected chi connectivity index (χ3v) is 4.84. The van der Waals surface area contributed by atoms with Crippen LogP contribution in [0.4, 0.5) is 0 Å². The highest BCUT2D eigenvalue weighted by molar-refractivity contribution is 6.33. The Labute approximate surface area is 148 Å². The number of carbonyl (C=O) groups is 1. The Morgan fingerprint density at radius 2 is 2.00 bits per heavy atom. The van der Waals surface area contributed by atoms with Gasteiger partial charge in [0, 0.05) is 58.5 Å². The third kappa shape index (κ3) is 4.69. The van der Waals surface area contributed by atoms with Crippen molar-refractivity contribution in [3.05, 3.63) is 16.9 Å². The SMILES string of the molecule is CN(C)CCN(C)C[C@@H]1CN(C(=O)c2nn(C)cc2Cl)C[C@@H]1CO. The summed E-state index contributed by atoms with van der Waals surface area (Å²) >= 11 is 6.09. The van der Waals surface area contributed by atoms with Crippen LogP contribution in [-0.2, 0) is 7.05 Å². The van der Waals surface area contributed by atoms with E-state index in [1.165, 1.54) is 0 Å². The van der Waals surface area contributed by atoms with E-state index in [2.05, 4.69) is 36.0 Å². The first-order valence-corrected chi connectivity index (χ1v) is 8.62. The zero-order valence-corrected chi connectivity index (χ0v) is 15.7. The van der Waals surface area contributed by atoms with Gasteiger partial charge in [0.15, 0.2) is 5.69 Å². The molecule has 1 N–H and O–H groups in total. The molecule has 7 nitrogen and oxygen atoms in total. The van der Waals surface area contributed by atoms with E-state index in [0.717, 1.165) is 19.6 Å². The maximum atomic E-state index is 12.7. The van der Waals surface area contributed by atoms with Crippen LogP contribution in [0.25, 0.3) is 0 Å². The van der Waals surface area contributed by atoms with Crippen LogP contribution in [0.15, 0.2) is 6.20 Å². The number of amides is 1. The molecule has 0 bridgehead atoms. The first kappa shape index (κ1) is 19.2. The summed E-state index contributed by atoms with van der Waals surface area (Å²) in [7, 11) is 7.93. The summed E-state index contributed by atoms with van der Waals surface area (Å²) in [4.78, 5) is 18.8. The van der Waals surface area contributed by atoms with Crippen molar-refractivity contribution in [2.24, 2.45) is 18.9 Å². The Morgan fingerprint density at radius 3 is 2.54 bits per heavy atom. The zero-order chi connectivity index (χ0) is 17.9. The molecule has 0 unspecified atom stereocenters. The van der Waals surface area contributed by atoms with Gasteiger partial charge in [-0.15, -0.1) is 0 Å². The molecule has 2 heterocycles. The standard InChI is InChI=1S/C16H28ClN5O2/c1-19(2)5-6-20(3)7-12-8-22(9-13(12)11-23)16(24)15-14(17)10-21(4)18-15/h10,12-13,23H,5-9,11H2,1-4H3/t12-,13-/m1/s1. The summed E-state index contributed by atoms with van der Waals surface area (Å²) in [6, 6.07) is 0. The van der Waals surface area contributed by atoms with Crippen LogP contribution < -0.4 is 0 Å². The number of carbonyl (C=O) groups excluding carboxylic acids is 1. The zero-order valence-electron chi connectivity index (χ0n) is 14.9. The monoisotopic (exact) mass is 357 g/mol. The van der Waals surface area contributed by atoms with Crippen LogP contribution in [0.5, 0.6) is 0 Å². The van der Waals surface area contributed by atoms with Gasteiger partial charge in [-0.3, -0.25) is 9.48 Å². The fraction of sp³-hybridized carbons (Fsp3) is 0.750. The van der Waals surface area contributed by atoms with Crippen LogP contribution in [0.3, 0.4) is 0 Å². The van der Waals surface area contributed by atoms with Gasteiger partial charge in [-0.2, -0.15) is 5.10 Å². The second-order valence-electron chi connectivity index (χ2n) is 6.98. The molecule has 1 amide bonds. The van der Waals surface area contributed by atoms with Crippen LogP contribution >= 0.6 is 11.6 Å². The van der Waals surface area contributed by atoms with Gasteiger partial charge in [-0.05, 0) is 27.1 Å². The smallest absolute Gasteiger partial charge is 0.275 e. The average molecular weight is 358 g/mol. The quantitative estimate of drug-likeness (QED) is 0.757. The van der Waals surface area contributed by atoms with E-state index < -0.39 is 0 Å². The molecule has 1 aliphatic heterocycles. The molecule has 0 aliphatic carbocycles. The molecule has 1 aliphatic rings. The number of halogens is 1. The van der Waals surface area contributed by atoms with E-state index in [1.54, 1.807) is 22.8 Å². The molecule has 2 rings (SSSR count). The highest BCUT2D eigenvalue weighted by Crippen LogP contribution is 2.26. The normalized spacial score (nSPS) is 21.2. The number of aliphatic hydroxyl groups is 1. The van der Waals surface area contributed by atoms with Gasteiger partial charge in [0.25, 0.3) is 5.91 Å². The number of aliphatic hydroxyl groups excluding tert-OH is 1. The Hall–Kier alpha value is -1.15. The maximum Gasteiger partial charge on any atom is 0.275 e. The molecule has 1 saturated heterocycles. The van der Waals surface area contributed by atoms with Gasteiger partial charge in [-0.25, -0.2) is 0 Å². The van der Waals surface area contributed by atoms with E-state index in [1.807, 2.05) is 0 Å². The van der Waals surface area contributed by atoms with Crippen LogP contribution in [0.1, 0.15) is 10.5 Å². The summed E-state index contributed by atoms with van der Waals surface area (Å²) in [5.41, 5.74) is 0.289. The van der Waals surface area contributed by atoms with Gasteiger partial charge in [-0.1, -0.05) is 11.6 Å². The summed E-state index contributed by atoms with van der Waals surface area (Å²) in [6.07, 6.45) is 1.63. The van der Waals surface area contributed by atoms with E-state index in [0.29, 0.717) is 18.1 Å². The Morgan fingerprint density at radius 1 is 1.33 bits per heavy atom. The third-order valence-electron chi connectivity index (χ3n) is 4.56. The second-order valence-corrected chi connectivity index (χ2v) is 7.38. The van der Waals surface area contributed by atoms with E-state index in [9.17, 15) is 9.90 Å². The Balaban J connectivity index is 1.98. The molecule has 0 spiro atoms. The lowest BCUT2D eigenvalue weighted by Crippen LogP contribution is -2.35. The fourth-order valence-electron chi connectivity index (χ4n) is 3.13. The lowest BCUT2D eigenvalue weighted by atomic mass is 9.96. The number of hydrogen-bond acceptors (Lipinski definition) is 5. The minimum atomic E-state index is -0.155. The fourth-order valence-corrected chi connectivity index (χ4v) is 3.39. The first-order valence-electron chi connectivity index (χ1n) is 8.24. The van der Waals surface area contributed by atoms with Crippen molar-refractivity contribution in [1.29, 1.82) is 0 Å². The summed E-state index contributed by atoms with van der Waals surface area (Å²) in [6.45, 7) is 4.07. The van der Waals surface area contributed by atoms with E-state index >= 15 is 0 Å². The highest BCUT2D eigenvalue weighted by Gasteiger charge is 2.36. The van der Waals surface area contributed by atoms with Crippen LogP contribution in [0.2, 0.25) is 5.02 Å². The molecule has 1 aromatic heterocycles. The number of nitrogens with zero attached hydrogens (tertiary/aromatic N) is 5. The predicted molar refractivity (Wildman–Crippen MR) is 94.2 cm³/mol. The van der Waals surface area contributed by atoms with Gasteiger partial charge in [0.05, 0.1) is 5.02 Å². The number of aryl methyl sites for hydroxylation is 1. The molecule has 1 fully saturated rings. The molecule has 24 heavy (non-hydrogen) atoms. The van der Waals surface area contributed by atoms with Crippen LogP contribution in [0, 0.1) is 11.8 Å². The van der Waals surface area contributed by atoms with Crippen molar-refractivity contribution in [3.63, 3.8) is 0 Å². The molecular weight excluding hydrogens is 330 g/mol. The Bertz CT molecular complexity index is 563. The molecule has 0 radical (unpaired) electrons. The number of hydrogen-bond donors (Lipinski definition) is 1. The van der Waals surface area contributed by atoms with E-state index in [-0.39, 0.29) is 30.0 Å². The number of rotatable bonds is 7.